The summed E-state index contributed by atoms with van der Waals surface area (Å²) in [6.07, 6.45) is -3.02. The number of hydrogen-bond donors (Lipinski definition) is 1. The maximum Gasteiger partial charge on any atom is 0.315 e. The molecule has 0 aliphatic carbocycles. The minimum atomic E-state index is -3.02. The first-order valence-corrected chi connectivity index (χ1v) is 3.38. The van der Waals surface area contributed by atoms with Gasteiger partial charge in [-0.15, -0.1) is 10.2 Å². The van der Waals surface area contributed by atoms with Gasteiger partial charge in [0.1, 0.15) is 0 Å². The summed E-state index contributed by atoms with van der Waals surface area (Å²) in [6, 6.07) is 0. The molecule has 1 aromatic heterocycles. The molecule has 0 fully saturated rings. The largest absolute Gasteiger partial charge is 0.344 e. The van der Waals surface area contributed by atoms with Gasteiger partial charge in [0.05, 0.1) is 13.6 Å². The molecule has 0 bridgehead atoms. The minimum Gasteiger partial charge on any atom is -0.344 e. The highest BCUT2D eigenvalue weighted by Crippen LogP contribution is 1.92. The van der Waals surface area contributed by atoms with Crippen molar-refractivity contribution in [3.63, 3.8) is 0 Å². The lowest BCUT2D eigenvalue weighted by Gasteiger charge is -1.98. The molecule has 0 saturated heterocycles. The van der Waals surface area contributed by atoms with E-state index in [-0.39, 0.29) is 12.4 Å². The smallest absolute Gasteiger partial charge is 0.315 e. The van der Waals surface area contributed by atoms with Crippen molar-refractivity contribution in [3.8, 4) is 0 Å². The van der Waals surface area contributed by atoms with Crippen LogP contribution < -0.4 is 5.32 Å². The van der Waals surface area contributed by atoms with Crippen molar-refractivity contribution in [2.24, 2.45) is 7.05 Å². The molecule has 1 heterocycles. The maximum absolute atomic E-state index is 11.7. The molecule has 1 N–H and O–H groups in total. The Labute approximate surface area is 71.9 Å². The highest BCUT2D eigenvalue weighted by molar-refractivity contribution is 5.78. The first-order valence-electron chi connectivity index (χ1n) is 3.38. The average molecular weight is 191 g/mol. The zero-order chi connectivity index (χ0) is 9.84. The molecule has 0 unspecified atom stereocenters. The number of carbonyl (C=O) groups excluding carboxylic acids is 1. The van der Waals surface area contributed by atoms with Crippen molar-refractivity contribution in [3.05, 3.63) is 5.82 Å². The van der Waals surface area contributed by atoms with Crippen LogP contribution in [0.1, 0.15) is 5.82 Å². The van der Waals surface area contributed by atoms with Gasteiger partial charge in [0.25, 0.3) is 5.91 Å². The fourth-order valence-electron chi connectivity index (χ4n) is 0.637. The summed E-state index contributed by atoms with van der Waals surface area (Å²) in [6.45, 7) is -0.142. The van der Waals surface area contributed by atoms with E-state index >= 15 is 0 Å². The third kappa shape index (κ3) is 2.73. The molecular formula is C5H7F2N5O. The number of nitrogens with zero attached hydrogens (tertiary/aromatic N) is 4. The number of amides is 1. The lowest BCUT2D eigenvalue weighted by Crippen LogP contribution is -2.29. The predicted molar refractivity (Wildman–Crippen MR) is 36.6 cm³/mol. The molecule has 0 atom stereocenters. The van der Waals surface area contributed by atoms with Crippen LogP contribution in [0, 0.1) is 0 Å². The van der Waals surface area contributed by atoms with Crippen LogP contribution in [-0.4, -0.2) is 32.5 Å². The lowest BCUT2D eigenvalue weighted by atomic mass is 10.5. The van der Waals surface area contributed by atoms with Gasteiger partial charge in [0.15, 0.2) is 5.82 Å². The zero-order valence-electron chi connectivity index (χ0n) is 6.74. The molecule has 8 heteroatoms. The normalized spacial score (nSPS) is 10.5. The van der Waals surface area contributed by atoms with Gasteiger partial charge in [-0.05, 0) is 5.21 Å². The number of halogens is 2. The quantitative estimate of drug-likeness (QED) is 0.671. The Balaban J connectivity index is 2.39. The predicted octanol–water partition coefficient (Wildman–Crippen LogP) is -0.909. The van der Waals surface area contributed by atoms with Crippen LogP contribution >= 0.6 is 0 Å². The van der Waals surface area contributed by atoms with Crippen molar-refractivity contribution >= 4 is 5.91 Å². The van der Waals surface area contributed by atoms with E-state index in [9.17, 15) is 13.6 Å². The van der Waals surface area contributed by atoms with Crippen molar-refractivity contribution in [2.45, 2.75) is 13.0 Å². The van der Waals surface area contributed by atoms with E-state index in [0.29, 0.717) is 0 Å². The summed E-state index contributed by atoms with van der Waals surface area (Å²) in [5.41, 5.74) is 0. The lowest BCUT2D eigenvalue weighted by molar-refractivity contribution is -0.131. The van der Waals surface area contributed by atoms with Gasteiger partial charge in [0, 0.05) is 0 Å². The fourth-order valence-corrected chi connectivity index (χ4v) is 0.637. The number of alkyl halides is 2. The number of aromatic nitrogens is 4. The summed E-state index contributed by atoms with van der Waals surface area (Å²) in [5.74, 6) is -1.15. The first-order chi connectivity index (χ1) is 6.09. The molecule has 0 aromatic carbocycles. The topological polar surface area (TPSA) is 72.7 Å². The Morgan fingerprint density at radius 2 is 2.38 bits per heavy atom. The van der Waals surface area contributed by atoms with Crippen LogP contribution in [-0.2, 0) is 18.4 Å². The third-order valence-electron chi connectivity index (χ3n) is 1.17. The van der Waals surface area contributed by atoms with E-state index in [4.69, 9.17) is 0 Å². The van der Waals surface area contributed by atoms with Gasteiger partial charge in [-0.3, -0.25) is 4.79 Å². The number of tetrazole rings is 1. The van der Waals surface area contributed by atoms with Crippen LogP contribution in [0.5, 0.6) is 0 Å². The van der Waals surface area contributed by atoms with Gasteiger partial charge in [-0.1, -0.05) is 0 Å². The van der Waals surface area contributed by atoms with E-state index < -0.39 is 12.3 Å². The summed E-state index contributed by atoms with van der Waals surface area (Å²) >= 11 is 0. The second kappa shape index (κ2) is 3.87. The third-order valence-corrected chi connectivity index (χ3v) is 1.17. The van der Waals surface area contributed by atoms with Crippen molar-refractivity contribution in [1.82, 2.24) is 25.5 Å². The van der Waals surface area contributed by atoms with Crippen LogP contribution in [0.3, 0.4) is 0 Å². The highest BCUT2D eigenvalue weighted by atomic mass is 19.3. The SMILES string of the molecule is Cn1nnc(CNC(=O)C(F)F)n1. The standard InChI is InChI=1S/C5H7F2N5O/c1-12-10-3(9-11-12)2-8-5(13)4(6)7/h4H,2H2,1H3,(H,8,13). The molecule has 1 amide bonds. The molecule has 6 nitrogen and oxygen atoms in total. The van der Waals surface area contributed by atoms with E-state index in [1.54, 1.807) is 0 Å². The van der Waals surface area contributed by atoms with Gasteiger partial charge >= 0.3 is 6.43 Å². The fraction of sp³-hybridized carbons (Fsp3) is 0.600. The highest BCUT2D eigenvalue weighted by Gasteiger charge is 2.14. The molecule has 72 valence electrons. The molecule has 1 aromatic rings. The summed E-state index contributed by atoms with van der Waals surface area (Å²) in [5, 5.41) is 12.6. The van der Waals surface area contributed by atoms with Crippen LogP contribution in [0.25, 0.3) is 0 Å². The zero-order valence-corrected chi connectivity index (χ0v) is 6.74. The monoisotopic (exact) mass is 191 g/mol. The Morgan fingerprint density at radius 3 is 2.85 bits per heavy atom. The van der Waals surface area contributed by atoms with Crippen LogP contribution in [0.15, 0.2) is 0 Å². The van der Waals surface area contributed by atoms with Crippen molar-refractivity contribution in [1.29, 1.82) is 0 Å². The Bertz CT molecular complexity index is 299. The van der Waals surface area contributed by atoms with Crippen molar-refractivity contribution in [2.75, 3.05) is 0 Å². The van der Waals surface area contributed by atoms with Gasteiger partial charge < -0.3 is 5.32 Å². The Kier molecular flexibility index (Phi) is 2.83. The van der Waals surface area contributed by atoms with E-state index in [1.807, 2.05) is 5.32 Å². The summed E-state index contributed by atoms with van der Waals surface area (Å²) < 4.78 is 23.3. The average Bonchev–Trinajstić information content (AvgIpc) is 2.47. The molecule has 0 saturated carbocycles. The van der Waals surface area contributed by atoms with Gasteiger partial charge in [-0.25, -0.2) is 0 Å². The van der Waals surface area contributed by atoms with Gasteiger partial charge in [0.2, 0.25) is 0 Å². The molecule has 0 spiro atoms. The Morgan fingerprint density at radius 1 is 1.69 bits per heavy atom. The number of aryl methyl sites for hydroxylation is 1. The van der Waals surface area contributed by atoms with Crippen molar-refractivity contribution < 1.29 is 13.6 Å². The van der Waals surface area contributed by atoms with Crippen LogP contribution in [0.2, 0.25) is 0 Å². The summed E-state index contributed by atoms with van der Waals surface area (Å²) in [7, 11) is 1.53. The van der Waals surface area contributed by atoms with E-state index in [2.05, 4.69) is 15.4 Å². The minimum absolute atomic E-state index is 0.142. The number of rotatable bonds is 3. The molecule has 0 radical (unpaired) electrons. The first kappa shape index (κ1) is 9.49. The maximum atomic E-state index is 11.7. The molecule has 0 aliphatic rings. The van der Waals surface area contributed by atoms with E-state index in [0.717, 1.165) is 0 Å². The second-order valence-corrected chi connectivity index (χ2v) is 2.21. The number of nitrogens with one attached hydrogen (secondary N) is 1. The summed E-state index contributed by atoms with van der Waals surface area (Å²) in [4.78, 5) is 11.5. The van der Waals surface area contributed by atoms with Gasteiger partial charge in [-0.2, -0.15) is 13.6 Å². The molecule has 1 rings (SSSR count). The number of carbonyl (C=O) groups is 1. The molecule has 13 heavy (non-hydrogen) atoms. The molecular weight excluding hydrogens is 184 g/mol. The number of hydrogen-bond acceptors (Lipinski definition) is 4. The second-order valence-electron chi connectivity index (χ2n) is 2.21. The van der Waals surface area contributed by atoms with Crippen LogP contribution in [0.4, 0.5) is 8.78 Å². The van der Waals surface area contributed by atoms with E-state index in [1.165, 1.54) is 11.8 Å². The molecule has 0 aliphatic heterocycles. The Hall–Kier alpha value is -1.60.